The number of carbonyl (C=O) groups excluding carboxylic acids is 1. The van der Waals surface area contributed by atoms with E-state index in [4.69, 9.17) is 4.74 Å². The molecule has 106 valence electrons. The molecule has 0 saturated carbocycles. The molecule has 0 aliphatic rings. The molecule has 0 spiro atoms. The van der Waals surface area contributed by atoms with Crippen LogP contribution in [0.5, 0.6) is 5.75 Å². The first-order chi connectivity index (χ1) is 9.75. The molecule has 1 N–H and O–H groups in total. The average molecular weight is 293 g/mol. The van der Waals surface area contributed by atoms with Crippen molar-refractivity contribution in [2.45, 2.75) is 5.16 Å². The van der Waals surface area contributed by atoms with Crippen LogP contribution in [0.2, 0.25) is 0 Å². The van der Waals surface area contributed by atoms with Crippen LogP contribution in [0.15, 0.2) is 36.0 Å². The fourth-order valence-electron chi connectivity index (χ4n) is 1.37. The minimum absolute atomic E-state index is 0.0136. The summed E-state index contributed by atoms with van der Waals surface area (Å²) in [5.41, 5.74) is 0. The number of hydrogen-bond donors (Lipinski definition) is 1. The van der Waals surface area contributed by atoms with E-state index in [-0.39, 0.29) is 12.5 Å². The number of nitrogens with one attached hydrogen (secondary N) is 1. The van der Waals surface area contributed by atoms with Gasteiger partial charge in [0.1, 0.15) is 12.1 Å². The van der Waals surface area contributed by atoms with Gasteiger partial charge < -0.3 is 14.6 Å². The van der Waals surface area contributed by atoms with E-state index in [1.165, 1.54) is 11.8 Å². The highest BCUT2D eigenvalue weighted by molar-refractivity contribution is 7.99. The first kappa shape index (κ1) is 14.3. The van der Waals surface area contributed by atoms with E-state index >= 15 is 0 Å². The quantitative estimate of drug-likeness (QED) is 0.591. The third kappa shape index (κ3) is 4.54. The molecule has 2 rings (SSSR count). The van der Waals surface area contributed by atoms with Gasteiger partial charge in [-0.3, -0.25) is 9.78 Å². The lowest BCUT2D eigenvalue weighted by molar-refractivity contribution is -0.122. The molecule has 1 amide bonds. The van der Waals surface area contributed by atoms with E-state index < -0.39 is 0 Å². The molecule has 0 atom stereocenters. The van der Waals surface area contributed by atoms with Crippen LogP contribution in [0.1, 0.15) is 0 Å². The monoisotopic (exact) mass is 293 g/mol. The predicted molar refractivity (Wildman–Crippen MR) is 74.5 cm³/mol. The van der Waals surface area contributed by atoms with Crippen molar-refractivity contribution in [2.24, 2.45) is 7.05 Å². The summed E-state index contributed by atoms with van der Waals surface area (Å²) < 4.78 is 7.11. The van der Waals surface area contributed by atoms with Gasteiger partial charge in [0.05, 0.1) is 6.20 Å². The Morgan fingerprint density at radius 1 is 1.55 bits per heavy atom. The fraction of sp³-hybridized carbons (Fsp3) is 0.333. The van der Waals surface area contributed by atoms with Crippen LogP contribution in [0.4, 0.5) is 0 Å². The smallest absolute Gasteiger partial charge is 0.257 e. The molecule has 7 nitrogen and oxygen atoms in total. The lowest BCUT2D eigenvalue weighted by Crippen LogP contribution is -2.30. The van der Waals surface area contributed by atoms with E-state index in [2.05, 4.69) is 20.5 Å². The van der Waals surface area contributed by atoms with Crippen molar-refractivity contribution in [2.75, 3.05) is 18.9 Å². The molecule has 2 aromatic rings. The molecule has 0 radical (unpaired) electrons. The van der Waals surface area contributed by atoms with Crippen molar-refractivity contribution in [3.8, 4) is 5.75 Å². The lowest BCUT2D eigenvalue weighted by atomic mass is 10.5. The Morgan fingerprint density at radius 2 is 2.45 bits per heavy atom. The summed E-state index contributed by atoms with van der Waals surface area (Å²) in [6, 6.07) is 3.51. The van der Waals surface area contributed by atoms with Crippen LogP contribution >= 0.6 is 11.8 Å². The van der Waals surface area contributed by atoms with Crippen molar-refractivity contribution in [3.05, 3.63) is 30.9 Å². The van der Waals surface area contributed by atoms with Crippen LogP contribution in [-0.4, -0.2) is 44.6 Å². The Kier molecular flexibility index (Phi) is 5.36. The number of ether oxygens (including phenoxy) is 1. The second-order valence-corrected chi connectivity index (χ2v) is 4.96. The maximum absolute atomic E-state index is 11.5. The Labute approximate surface area is 120 Å². The number of aromatic nitrogens is 4. The molecule has 0 aliphatic carbocycles. The second kappa shape index (κ2) is 7.49. The van der Waals surface area contributed by atoms with Crippen LogP contribution in [0.25, 0.3) is 0 Å². The average Bonchev–Trinajstić information content (AvgIpc) is 2.88. The topological polar surface area (TPSA) is 81.9 Å². The maximum atomic E-state index is 11.5. The van der Waals surface area contributed by atoms with Gasteiger partial charge in [0.2, 0.25) is 0 Å². The van der Waals surface area contributed by atoms with Gasteiger partial charge in [-0.25, -0.2) is 0 Å². The zero-order chi connectivity index (χ0) is 14.2. The number of hydrogen-bond acceptors (Lipinski definition) is 6. The van der Waals surface area contributed by atoms with Crippen LogP contribution in [0, 0.1) is 0 Å². The van der Waals surface area contributed by atoms with E-state index in [1.54, 1.807) is 30.9 Å². The molecular weight excluding hydrogens is 278 g/mol. The van der Waals surface area contributed by atoms with Gasteiger partial charge in [-0.05, 0) is 12.1 Å². The molecule has 8 heteroatoms. The van der Waals surface area contributed by atoms with E-state index in [1.807, 2.05) is 11.6 Å². The van der Waals surface area contributed by atoms with E-state index in [0.717, 1.165) is 10.9 Å². The molecule has 0 bridgehead atoms. The third-order valence-corrected chi connectivity index (χ3v) is 3.37. The van der Waals surface area contributed by atoms with Gasteiger partial charge in [0.25, 0.3) is 5.91 Å². The fourth-order valence-corrected chi connectivity index (χ4v) is 2.11. The Morgan fingerprint density at radius 3 is 3.15 bits per heavy atom. The van der Waals surface area contributed by atoms with Gasteiger partial charge in [0.15, 0.2) is 11.8 Å². The number of rotatable bonds is 7. The molecule has 0 aliphatic heterocycles. The number of pyridine rings is 1. The number of carbonyl (C=O) groups is 1. The van der Waals surface area contributed by atoms with Crippen molar-refractivity contribution in [1.82, 2.24) is 25.1 Å². The van der Waals surface area contributed by atoms with E-state index in [9.17, 15) is 4.79 Å². The number of nitrogens with zero attached hydrogens (tertiary/aromatic N) is 4. The molecule has 20 heavy (non-hydrogen) atoms. The Balaban J connectivity index is 1.60. The zero-order valence-corrected chi connectivity index (χ0v) is 11.8. The predicted octanol–water partition coefficient (Wildman–Crippen LogP) is 0.497. The zero-order valence-electron chi connectivity index (χ0n) is 11.0. The maximum Gasteiger partial charge on any atom is 0.257 e. The van der Waals surface area contributed by atoms with Crippen LogP contribution in [-0.2, 0) is 11.8 Å². The van der Waals surface area contributed by atoms with E-state index in [0.29, 0.717) is 12.3 Å². The Hall–Kier alpha value is -2.09. The first-order valence-corrected chi connectivity index (χ1v) is 7.00. The highest BCUT2D eigenvalue weighted by Crippen LogP contribution is 2.11. The second-order valence-electron chi connectivity index (χ2n) is 3.90. The Bertz CT molecular complexity index is 546. The summed E-state index contributed by atoms with van der Waals surface area (Å²) in [6.45, 7) is 0.535. The van der Waals surface area contributed by atoms with Gasteiger partial charge in [0, 0.05) is 25.5 Å². The van der Waals surface area contributed by atoms with Crippen molar-refractivity contribution >= 4 is 17.7 Å². The summed E-state index contributed by atoms with van der Waals surface area (Å²) in [5.74, 6) is 1.15. The summed E-state index contributed by atoms with van der Waals surface area (Å²) >= 11 is 1.53. The standard InChI is InChI=1S/C12H15N5O2S/c1-17-9-15-16-12(17)20-6-5-14-11(18)8-19-10-3-2-4-13-7-10/h2-4,7,9H,5-6,8H2,1H3,(H,14,18). The third-order valence-electron chi connectivity index (χ3n) is 2.33. The molecule has 0 aromatic carbocycles. The largest absolute Gasteiger partial charge is 0.482 e. The van der Waals surface area contributed by atoms with Crippen LogP contribution < -0.4 is 10.1 Å². The molecule has 2 aromatic heterocycles. The van der Waals surface area contributed by atoms with Crippen LogP contribution in [0.3, 0.4) is 0 Å². The highest BCUT2D eigenvalue weighted by atomic mass is 32.2. The summed E-state index contributed by atoms with van der Waals surface area (Å²) in [7, 11) is 1.88. The van der Waals surface area contributed by atoms with Gasteiger partial charge in [-0.1, -0.05) is 11.8 Å². The van der Waals surface area contributed by atoms with Crippen molar-refractivity contribution < 1.29 is 9.53 Å². The normalized spacial score (nSPS) is 10.2. The summed E-state index contributed by atoms with van der Waals surface area (Å²) in [4.78, 5) is 15.4. The lowest BCUT2D eigenvalue weighted by Gasteiger charge is -2.06. The molecule has 0 saturated heterocycles. The SMILES string of the molecule is Cn1cnnc1SCCNC(=O)COc1cccnc1. The van der Waals surface area contributed by atoms with Gasteiger partial charge in [-0.2, -0.15) is 0 Å². The minimum Gasteiger partial charge on any atom is -0.482 e. The molecule has 0 fully saturated rings. The first-order valence-electron chi connectivity index (χ1n) is 6.02. The molecule has 2 heterocycles. The summed E-state index contributed by atoms with van der Waals surface area (Å²) in [6.07, 6.45) is 4.86. The molecular formula is C12H15N5O2S. The minimum atomic E-state index is -0.160. The van der Waals surface area contributed by atoms with Gasteiger partial charge in [-0.15, -0.1) is 10.2 Å². The van der Waals surface area contributed by atoms with Gasteiger partial charge >= 0.3 is 0 Å². The summed E-state index contributed by atoms with van der Waals surface area (Å²) in [5, 5.41) is 11.3. The number of aryl methyl sites for hydroxylation is 1. The highest BCUT2D eigenvalue weighted by Gasteiger charge is 2.04. The number of amides is 1. The molecule has 0 unspecified atom stereocenters. The number of thioether (sulfide) groups is 1. The van der Waals surface area contributed by atoms with Crippen molar-refractivity contribution in [3.63, 3.8) is 0 Å². The van der Waals surface area contributed by atoms with Crippen molar-refractivity contribution in [1.29, 1.82) is 0 Å².